The first-order valence-corrected chi connectivity index (χ1v) is 10.2. The minimum Gasteiger partial charge on any atom is -0.464 e. The largest absolute Gasteiger partial charge is 0.464 e. The maximum atomic E-state index is 13.0. The molecule has 5 nitrogen and oxygen atoms in total. The number of aryl methyl sites for hydroxylation is 1. The lowest BCUT2D eigenvalue weighted by Gasteiger charge is -2.12. The normalized spacial score (nSPS) is 12.5. The number of furan rings is 1. The average Bonchev–Trinajstić information content (AvgIpc) is 3.33. The molecule has 154 valence electrons. The van der Waals surface area contributed by atoms with Gasteiger partial charge in [-0.3, -0.25) is 9.59 Å². The number of aromatic nitrogens is 1. The molecule has 0 amide bonds. The van der Waals surface area contributed by atoms with Gasteiger partial charge >= 0.3 is 5.97 Å². The number of carbonyl (C=O) groups excluding carboxylic acids is 2. The summed E-state index contributed by atoms with van der Waals surface area (Å²) in [7, 11) is 0. The molecule has 1 N–H and O–H groups in total. The van der Waals surface area contributed by atoms with Crippen LogP contribution in [0.5, 0.6) is 0 Å². The molecule has 3 aromatic carbocycles. The van der Waals surface area contributed by atoms with Gasteiger partial charge in [-0.05, 0) is 36.8 Å². The van der Waals surface area contributed by atoms with Gasteiger partial charge in [0.1, 0.15) is 5.58 Å². The lowest BCUT2D eigenvalue weighted by Crippen LogP contribution is -2.25. The molecular formula is C26H21NO4. The van der Waals surface area contributed by atoms with E-state index in [9.17, 15) is 9.59 Å². The molecule has 31 heavy (non-hydrogen) atoms. The van der Waals surface area contributed by atoms with Crippen LogP contribution in [0, 0.1) is 6.92 Å². The average molecular weight is 411 g/mol. The van der Waals surface area contributed by atoms with Crippen molar-refractivity contribution in [1.29, 1.82) is 0 Å². The highest BCUT2D eigenvalue weighted by Crippen LogP contribution is 2.30. The quantitative estimate of drug-likeness (QED) is 0.296. The highest BCUT2D eigenvalue weighted by atomic mass is 16.5. The van der Waals surface area contributed by atoms with E-state index in [1.165, 1.54) is 0 Å². The summed E-state index contributed by atoms with van der Waals surface area (Å²) in [6.45, 7) is 3.47. The fourth-order valence-electron chi connectivity index (χ4n) is 4.25. The summed E-state index contributed by atoms with van der Waals surface area (Å²) in [5.74, 6) is -0.681. The maximum absolute atomic E-state index is 13.0. The molecule has 2 heterocycles. The second-order valence-corrected chi connectivity index (χ2v) is 7.76. The van der Waals surface area contributed by atoms with E-state index in [-0.39, 0.29) is 12.2 Å². The van der Waals surface area contributed by atoms with Gasteiger partial charge < -0.3 is 14.1 Å². The topological polar surface area (TPSA) is 72.3 Å². The number of para-hydroxylation sites is 1. The molecule has 5 aromatic rings. The number of ether oxygens (including phenoxy) is 1. The van der Waals surface area contributed by atoms with Crippen LogP contribution in [0.15, 0.2) is 71.3 Å². The van der Waals surface area contributed by atoms with Crippen LogP contribution in [0.25, 0.3) is 32.6 Å². The number of ketones is 1. The maximum Gasteiger partial charge on any atom is 0.311 e. The number of rotatable bonds is 5. The minimum absolute atomic E-state index is 0.0332. The second-order valence-electron chi connectivity index (χ2n) is 7.76. The first-order valence-electron chi connectivity index (χ1n) is 10.2. The Kier molecular flexibility index (Phi) is 4.59. The van der Waals surface area contributed by atoms with Crippen molar-refractivity contribution in [3.8, 4) is 0 Å². The molecular weight excluding hydrogens is 390 g/mol. The molecule has 0 aliphatic carbocycles. The molecule has 0 unspecified atom stereocenters. The zero-order valence-electron chi connectivity index (χ0n) is 17.3. The molecule has 5 rings (SSSR count). The highest BCUT2D eigenvalue weighted by molar-refractivity contribution is 6.12. The number of esters is 1. The van der Waals surface area contributed by atoms with E-state index in [2.05, 4.69) is 4.98 Å². The zero-order valence-corrected chi connectivity index (χ0v) is 17.3. The lowest BCUT2D eigenvalue weighted by atomic mass is 10.0. The van der Waals surface area contributed by atoms with Gasteiger partial charge in [0.25, 0.3) is 0 Å². The van der Waals surface area contributed by atoms with E-state index < -0.39 is 12.1 Å². The van der Waals surface area contributed by atoms with Crippen molar-refractivity contribution in [3.05, 3.63) is 83.7 Å². The van der Waals surface area contributed by atoms with Gasteiger partial charge in [0.2, 0.25) is 5.78 Å². The molecule has 0 aliphatic rings. The number of hydrogen-bond acceptors (Lipinski definition) is 4. The third-order valence-corrected chi connectivity index (χ3v) is 5.69. The Morgan fingerprint density at radius 1 is 1.00 bits per heavy atom. The molecule has 0 bridgehead atoms. The van der Waals surface area contributed by atoms with E-state index in [0.717, 1.165) is 43.9 Å². The Labute approximate surface area is 178 Å². The van der Waals surface area contributed by atoms with Crippen molar-refractivity contribution in [2.45, 2.75) is 26.4 Å². The summed E-state index contributed by atoms with van der Waals surface area (Å²) in [4.78, 5) is 29.0. The Balaban J connectivity index is 1.39. The molecule has 5 heteroatoms. The number of aromatic amines is 1. The molecule has 0 fully saturated rings. The molecule has 0 spiro atoms. The first-order chi connectivity index (χ1) is 15.0. The van der Waals surface area contributed by atoms with Crippen LogP contribution in [0.1, 0.15) is 28.5 Å². The third kappa shape index (κ3) is 3.28. The van der Waals surface area contributed by atoms with Crippen LogP contribution in [-0.2, 0) is 16.0 Å². The fraction of sp³-hybridized carbons (Fsp3) is 0.154. The Morgan fingerprint density at radius 2 is 1.74 bits per heavy atom. The molecule has 0 radical (unpaired) electrons. The number of benzene rings is 3. The SMILES string of the molecule is Cc1[nH]c2ccccc2c1C(=O)[C@H](C)OC(=O)Cc1coc2ccc3ccccc3c12. The highest BCUT2D eigenvalue weighted by Gasteiger charge is 2.25. The van der Waals surface area contributed by atoms with Crippen molar-refractivity contribution in [1.82, 2.24) is 4.98 Å². The number of nitrogens with one attached hydrogen (secondary N) is 1. The van der Waals surface area contributed by atoms with Crippen LogP contribution in [0.2, 0.25) is 0 Å². The van der Waals surface area contributed by atoms with Crippen molar-refractivity contribution in [2.24, 2.45) is 0 Å². The zero-order chi connectivity index (χ0) is 21.5. The van der Waals surface area contributed by atoms with Gasteiger partial charge in [-0.2, -0.15) is 0 Å². The number of Topliss-reactive ketones (excluding diaryl/α,β-unsaturated/α-hetero) is 1. The Hall–Kier alpha value is -3.86. The number of H-pyrrole nitrogens is 1. The lowest BCUT2D eigenvalue weighted by molar-refractivity contribution is -0.145. The van der Waals surface area contributed by atoms with Gasteiger partial charge in [0.15, 0.2) is 6.10 Å². The van der Waals surface area contributed by atoms with Crippen LogP contribution < -0.4 is 0 Å². The van der Waals surface area contributed by atoms with Crippen molar-refractivity contribution < 1.29 is 18.7 Å². The molecule has 2 aromatic heterocycles. The van der Waals surface area contributed by atoms with E-state index in [1.807, 2.05) is 67.6 Å². The van der Waals surface area contributed by atoms with E-state index in [0.29, 0.717) is 5.56 Å². The monoisotopic (exact) mass is 411 g/mol. The smallest absolute Gasteiger partial charge is 0.311 e. The molecule has 0 saturated heterocycles. The molecule has 1 atom stereocenters. The van der Waals surface area contributed by atoms with Crippen LogP contribution in [0.4, 0.5) is 0 Å². The number of carbonyl (C=O) groups is 2. The van der Waals surface area contributed by atoms with Crippen molar-refractivity contribution in [2.75, 3.05) is 0 Å². The van der Waals surface area contributed by atoms with Crippen LogP contribution >= 0.6 is 0 Å². The van der Waals surface area contributed by atoms with Gasteiger partial charge in [-0.1, -0.05) is 48.5 Å². The standard InChI is InChI=1S/C26H21NO4/c1-15-24(20-9-5-6-10-21(20)27-15)26(29)16(2)31-23(28)13-18-14-30-22-12-11-17-7-3-4-8-19(17)25(18)22/h3-12,14,16,27H,13H2,1-2H3/t16-/m0/s1. The van der Waals surface area contributed by atoms with Crippen LogP contribution in [0.3, 0.4) is 0 Å². The van der Waals surface area contributed by atoms with Gasteiger partial charge in [0.05, 0.1) is 12.7 Å². The minimum atomic E-state index is -0.889. The van der Waals surface area contributed by atoms with E-state index in [4.69, 9.17) is 9.15 Å². The van der Waals surface area contributed by atoms with Gasteiger partial charge in [-0.15, -0.1) is 0 Å². The first kappa shape index (κ1) is 19.1. The van der Waals surface area contributed by atoms with E-state index >= 15 is 0 Å². The van der Waals surface area contributed by atoms with Gasteiger partial charge in [-0.25, -0.2) is 0 Å². The predicted molar refractivity (Wildman–Crippen MR) is 120 cm³/mol. The van der Waals surface area contributed by atoms with Gasteiger partial charge in [0, 0.05) is 33.1 Å². The summed E-state index contributed by atoms with van der Waals surface area (Å²) < 4.78 is 11.2. The molecule has 0 aliphatic heterocycles. The molecule has 0 saturated carbocycles. The predicted octanol–water partition coefficient (Wildman–Crippen LogP) is 5.73. The Morgan fingerprint density at radius 3 is 2.58 bits per heavy atom. The fourth-order valence-corrected chi connectivity index (χ4v) is 4.25. The summed E-state index contributed by atoms with van der Waals surface area (Å²) in [6, 6.07) is 19.5. The summed E-state index contributed by atoms with van der Waals surface area (Å²) in [5, 5.41) is 3.83. The number of fused-ring (bicyclic) bond motifs is 4. The summed E-state index contributed by atoms with van der Waals surface area (Å²) >= 11 is 0. The van der Waals surface area contributed by atoms with E-state index in [1.54, 1.807) is 13.2 Å². The van der Waals surface area contributed by atoms with Crippen molar-refractivity contribution >= 4 is 44.4 Å². The summed E-state index contributed by atoms with van der Waals surface area (Å²) in [5.41, 5.74) is 3.69. The third-order valence-electron chi connectivity index (χ3n) is 5.69. The second kappa shape index (κ2) is 7.43. The number of hydrogen-bond donors (Lipinski definition) is 1. The van der Waals surface area contributed by atoms with Crippen LogP contribution in [-0.4, -0.2) is 22.8 Å². The van der Waals surface area contributed by atoms with Crippen molar-refractivity contribution in [3.63, 3.8) is 0 Å². The Bertz CT molecular complexity index is 1460. The summed E-state index contributed by atoms with van der Waals surface area (Å²) in [6.07, 6.45) is 0.737.